The Bertz CT molecular complexity index is 411. The standard InChI is InChI=1S/C14H17N/c1-11-7-8-13(3)14(9-11)6-4-5-12(2)10-15/h4-10,15H,1-3H3/b6-4+,12-5-,15-10?. The molecule has 0 unspecified atom stereocenters. The summed E-state index contributed by atoms with van der Waals surface area (Å²) < 4.78 is 0. The van der Waals surface area contributed by atoms with Crippen LogP contribution in [0.25, 0.3) is 6.08 Å². The fraction of sp³-hybridized carbons (Fsp3) is 0.214. The molecule has 78 valence electrons. The van der Waals surface area contributed by atoms with Gasteiger partial charge in [0.05, 0.1) is 0 Å². The third kappa shape index (κ3) is 3.55. The number of rotatable bonds is 3. The van der Waals surface area contributed by atoms with Crippen LogP contribution in [0.15, 0.2) is 35.9 Å². The minimum atomic E-state index is 0.955. The van der Waals surface area contributed by atoms with Gasteiger partial charge in [0.25, 0.3) is 0 Å². The van der Waals surface area contributed by atoms with E-state index in [-0.39, 0.29) is 0 Å². The van der Waals surface area contributed by atoms with E-state index in [2.05, 4.69) is 38.1 Å². The molecule has 1 heteroatoms. The maximum absolute atomic E-state index is 7.04. The Morgan fingerprint density at radius 1 is 1.27 bits per heavy atom. The van der Waals surface area contributed by atoms with Crippen molar-refractivity contribution in [3.8, 4) is 0 Å². The van der Waals surface area contributed by atoms with Crippen molar-refractivity contribution in [3.63, 3.8) is 0 Å². The maximum Gasteiger partial charge on any atom is 0.0207 e. The Balaban J connectivity index is 2.89. The van der Waals surface area contributed by atoms with E-state index in [0.717, 1.165) is 5.57 Å². The molecule has 1 aromatic carbocycles. The number of nitrogens with one attached hydrogen (secondary N) is 1. The van der Waals surface area contributed by atoms with Gasteiger partial charge in [0.15, 0.2) is 0 Å². The first-order valence-electron chi connectivity index (χ1n) is 5.06. The number of benzene rings is 1. The molecule has 0 aliphatic rings. The largest absolute Gasteiger partial charge is 0.308 e. The summed E-state index contributed by atoms with van der Waals surface area (Å²) in [7, 11) is 0. The lowest BCUT2D eigenvalue weighted by Crippen LogP contribution is -1.81. The molecule has 0 saturated carbocycles. The molecular weight excluding hydrogens is 182 g/mol. The second kappa shape index (κ2) is 5.30. The van der Waals surface area contributed by atoms with Crippen molar-refractivity contribution >= 4 is 12.3 Å². The van der Waals surface area contributed by atoms with Crippen LogP contribution in [-0.2, 0) is 0 Å². The molecule has 0 bridgehead atoms. The van der Waals surface area contributed by atoms with Gasteiger partial charge in [-0.05, 0) is 37.5 Å². The van der Waals surface area contributed by atoms with Crippen molar-refractivity contribution in [2.45, 2.75) is 20.8 Å². The third-order valence-electron chi connectivity index (χ3n) is 2.30. The van der Waals surface area contributed by atoms with Crippen LogP contribution in [-0.4, -0.2) is 6.21 Å². The van der Waals surface area contributed by atoms with E-state index < -0.39 is 0 Å². The summed E-state index contributed by atoms with van der Waals surface area (Å²) in [5.41, 5.74) is 4.74. The van der Waals surface area contributed by atoms with Crippen LogP contribution in [0.3, 0.4) is 0 Å². The molecule has 0 saturated heterocycles. The van der Waals surface area contributed by atoms with Crippen molar-refractivity contribution in [2.75, 3.05) is 0 Å². The number of aryl methyl sites for hydroxylation is 2. The smallest absolute Gasteiger partial charge is 0.0207 e. The van der Waals surface area contributed by atoms with Crippen LogP contribution in [0.2, 0.25) is 0 Å². The average Bonchev–Trinajstić information content (AvgIpc) is 2.23. The molecule has 0 aliphatic carbocycles. The summed E-state index contributed by atoms with van der Waals surface area (Å²) in [6.07, 6.45) is 7.36. The molecule has 1 nitrogen and oxygen atoms in total. The van der Waals surface area contributed by atoms with Crippen LogP contribution >= 0.6 is 0 Å². The summed E-state index contributed by atoms with van der Waals surface area (Å²) in [6.45, 7) is 6.11. The lowest BCUT2D eigenvalue weighted by Gasteiger charge is -2.00. The first-order valence-corrected chi connectivity index (χ1v) is 5.06. The highest BCUT2D eigenvalue weighted by Gasteiger charge is 1.92. The van der Waals surface area contributed by atoms with Crippen LogP contribution in [0.1, 0.15) is 23.6 Å². The fourth-order valence-electron chi connectivity index (χ4n) is 1.29. The Hall–Kier alpha value is -1.63. The topological polar surface area (TPSA) is 23.9 Å². The van der Waals surface area contributed by atoms with Crippen LogP contribution in [0, 0.1) is 19.3 Å². The van der Waals surface area contributed by atoms with Gasteiger partial charge >= 0.3 is 0 Å². The molecule has 0 amide bonds. The lowest BCUT2D eigenvalue weighted by atomic mass is 10.1. The van der Waals surface area contributed by atoms with Gasteiger partial charge in [-0.25, -0.2) is 0 Å². The van der Waals surface area contributed by atoms with Crippen molar-refractivity contribution < 1.29 is 0 Å². The summed E-state index contributed by atoms with van der Waals surface area (Å²) in [5.74, 6) is 0. The zero-order valence-corrected chi connectivity index (χ0v) is 9.54. The zero-order chi connectivity index (χ0) is 11.3. The Morgan fingerprint density at radius 3 is 2.67 bits per heavy atom. The van der Waals surface area contributed by atoms with E-state index in [1.165, 1.54) is 22.9 Å². The van der Waals surface area contributed by atoms with E-state index in [4.69, 9.17) is 5.41 Å². The molecule has 0 heterocycles. The summed E-state index contributed by atoms with van der Waals surface area (Å²) in [6, 6.07) is 6.41. The molecule has 0 atom stereocenters. The minimum Gasteiger partial charge on any atom is -0.308 e. The molecular formula is C14H17N. The minimum absolute atomic E-state index is 0.955. The molecule has 0 fully saturated rings. The van der Waals surface area contributed by atoms with Gasteiger partial charge in [0, 0.05) is 6.21 Å². The van der Waals surface area contributed by atoms with Crippen LogP contribution < -0.4 is 0 Å². The lowest BCUT2D eigenvalue weighted by molar-refractivity contribution is 1.38. The van der Waals surface area contributed by atoms with E-state index in [1.54, 1.807) is 0 Å². The Kier molecular flexibility index (Phi) is 4.04. The van der Waals surface area contributed by atoms with E-state index in [9.17, 15) is 0 Å². The summed E-state index contributed by atoms with van der Waals surface area (Å²) in [4.78, 5) is 0. The quantitative estimate of drug-likeness (QED) is 0.563. The van der Waals surface area contributed by atoms with Crippen molar-refractivity contribution in [3.05, 3.63) is 52.6 Å². The molecule has 1 N–H and O–H groups in total. The monoisotopic (exact) mass is 199 g/mol. The predicted molar refractivity (Wildman–Crippen MR) is 67.5 cm³/mol. The van der Waals surface area contributed by atoms with E-state index >= 15 is 0 Å². The van der Waals surface area contributed by atoms with Crippen LogP contribution in [0.4, 0.5) is 0 Å². The molecule has 0 spiro atoms. The highest BCUT2D eigenvalue weighted by atomic mass is 14.3. The fourth-order valence-corrected chi connectivity index (χ4v) is 1.29. The highest BCUT2D eigenvalue weighted by molar-refractivity contribution is 5.75. The number of hydrogen-bond donors (Lipinski definition) is 1. The third-order valence-corrected chi connectivity index (χ3v) is 2.30. The van der Waals surface area contributed by atoms with Crippen LogP contribution in [0.5, 0.6) is 0 Å². The van der Waals surface area contributed by atoms with Crippen molar-refractivity contribution in [1.82, 2.24) is 0 Å². The van der Waals surface area contributed by atoms with Gasteiger partial charge < -0.3 is 5.41 Å². The molecule has 1 aromatic rings. The molecule has 0 aliphatic heterocycles. The van der Waals surface area contributed by atoms with Gasteiger partial charge in [0.1, 0.15) is 0 Å². The number of allylic oxidation sites excluding steroid dienone is 3. The van der Waals surface area contributed by atoms with Gasteiger partial charge in [-0.15, -0.1) is 0 Å². The first kappa shape index (κ1) is 11.4. The normalized spacial score (nSPS) is 12.1. The Labute approximate surface area is 91.7 Å². The van der Waals surface area contributed by atoms with Gasteiger partial charge in [-0.3, -0.25) is 0 Å². The van der Waals surface area contributed by atoms with Gasteiger partial charge in [-0.2, -0.15) is 0 Å². The highest BCUT2D eigenvalue weighted by Crippen LogP contribution is 2.12. The van der Waals surface area contributed by atoms with Crippen molar-refractivity contribution in [1.29, 1.82) is 5.41 Å². The first-order chi connectivity index (χ1) is 7.13. The van der Waals surface area contributed by atoms with Gasteiger partial charge in [-0.1, -0.05) is 42.0 Å². The molecule has 0 radical (unpaired) electrons. The van der Waals surface area contributed by atoms with E-state index in [0.29, 0.717) is 0 Å². The maximum atomic E-state index is 7.04. The molecule has 0 aromatic heterocycles. The second-order valence-corrected chi connectivity index (χ2v) is 3.77. The molecule has 15 heavy (non-hydrogen) atoms. The second-order valence-electron chi connectivity index (χ2n) is 3.77. The predicted octanol–water partition coefficient (Wildman–Crippen LogP) is 3.91. The average molecular weight is 199 g/mol. The summed E-state index contributed by atoms with van der Waals surface area (Å²) >= 11 is 0. The van der Waals surface area contributed by atoms with Crippen molar-refractivity contribution in [2.24, 2.45) is 0 Å². The Morgan fingerprint density at radius 2 is 2.00 bits per heavy atom. The zero-order valence-electron chi connectivity index (χ0n) is 9.54. The van der Waals surface area contributed by atoms with E-state index in [1.807, 2.05) is 19.1 Å². The SMILES string of the molecule is C/C(C=N)=C/C=C/c1cc(C)ccc1C. The molecule has 1 rings (SSSR count). The number of hydrogen-bond acceptors (Lipinski definition) is 1. The van der Waals surface area contributed by atoms with Gasteiger partial charge in [0.2, 0.25) is 0 Å². The summed E-state index contributed by atoms with van der Waals surface area (Å²) in [5, 5.41) is 7.04.